The number of carbonyl (C=O) groups excluding carboxylic acids is 1. The number of hydrogen-bond donors (Lipinski definition) is 2. The number of rotatable bonds is 5. The van der Waals surface area contributed by atoms with Gasteiger partial charge in [0.25, 0.3) is 5.91 Å². The fourth-order valence-electron chi connectivity index (χ4n) is 1.08. The van der Waals surface area contributed by atoms with Crippen LogP contribution in [0.15, 0.2) is 12.4 Å². The number of amides is 1. The minimum Gasteiger partial charge on any atom is -0.481 e. The average Bonchev–Trinajstić information content (AvgIpc) is 2.63. The Kier molecular flexibility index (Phi) is 3.84. The van der Waals surface area contributed by atoms with Crippen molar-refractivity contribution in [2.75, 3.05) is 6.54 Å². The summed E-state index contributed by atoms with van der Waals surface area (Å²) >= 11 is 0. The van der Waals surface area contributed by atoms with E-state index in [2.05, 4.69) is 10.4 Å². The lowest BCUT2D eigenvalue weighted by molar-refractivity contribution is -0.137. The molecule has 0 aliphatic carbocycles. The second-order valence-corrected chi connectivity index (χ2v) is 3.00. The van der Waals surface area contributed by atoms with Crippen molar-refractivity contribution in [2.24, 2.45) is 0 Å². The van der Waals surface area contributed by atoms with Crippen LogP contribution in [0.3, 0.4) is 0 Å². The van der Waals surface area contributed by atoms with E-state index in [1.807, 2.05) is 6.92 Å². The molecule has 82 valence electrons. The Labute approximate surface area is 86.9 Å². The minimum atomic E-state index is -0.884. The van der Waals surface area contributed by atoms with E-state index in [0.29, 0.717) is 12.1 Å². The standard InChI is InChI=1S/C9H13N3O3/c1-2-10-9(15)7-5-11-12(6-7)4-3-8(13)14/h5-6H,2-4H2,1H3,(H,10,15)(H,13,14). The van der Waals surface area contributed by atoms with Crippen LogP contribution in [-0.2, 0) is 11.3 Å². The van der Waals surface area contributed by atoms with Crippen LogP contribution in [0.1, 0.15) is 23.7 Å². The van der Waals surface area contributed by atoms with Crippen LogP contribution >= 0.6 is 0 Å². The number of carboxylic acids is 1. The van der Waals surface area contributed by atoms with E-state index in [4.69, 9.17) is 5.11 Å². The quantitative estimate of drug-likeness (QED) is 0.723. The Morgan fingerprint density at radius 2 is 2.33 bits per heavy atom. The molecule has 6 nitrogen and oxygen atoms in total. The SMILES string of the molecule is CCNC(=O)c1cnn(CCC(=O)O)c1. The van der Waals surface area contributed by atoms with Gasteiger partial charge in [0.2, 0.25) is 0 Å². The molecule has 1 amide bonds. The maximum Gasteiger partial charge on any atom is 0.305 e. The molecule has 0 aromatic carbocycles. The van der Waals surface area contributed by atoms with Gasteiger partial charge in [0, 0.05) is 12.7 Å². The highest BCUT2D eigenvalue weighted by Gasteiger charge is 2.07. The number of carboxylic acid groups (broad SMARTS) is 1. The highest BCUT2D eigenvalue weighted by molar-refractivity contribution is 5.93. The molecule has 0 atom stereocenters. The number of hydrogen-bond acceptors (Lipinski definition) is 3. The molecular weight excluding hydrogens is 198 g/mol. The van der Waals surface area contributed by atoms with Crippen molar-refractivity contribution >= 4 is 11.9 Å². The Bertz CT molecular complexity index is 359. The first-order valence-corrected chi connectivity index (χ1v) is 4.66. The lowest BCUT2D eigenvalue weighted by Crippen LogP contribution is -2.22. The van der Waals surface area contributed by atoms with E-state index in [9.17, 15) is 9.59 Å². The fourth-order valence-corrected chi connectivity index (χ4v) is 1.08. The summed E-state index contributed by atoms with van der Waals surface area (Å²) in [5.74, 6) is -1.08. The summed E-state index contributed by atoms with van der Waals surface area (Å²) < 4.78 is 1.44. The van der Waals surface area contributed by atoms with Crippen molar-refractivity contribution in [1.82, 2.24) is 15.1 Å². The van der Waals surface area contributed by atoms with E-state index in [1.165, 1.54) is 17.1 Å². The number of aromatic nitrogens is 2. The van der Waals surface area contributed by atoms with Crippen LogP contribution in [0.5, 0.6) is 0 Å². The van der Waals surface area contributed by atoms with Gasteiger partial charge in [-0.25, -0.2) is 0 Å². The summed E-state index contributed by atoms with van der Waals surface area (Å²) in [4.78, 5) is 21.6. The number of aryl methyl sites for hydroxylation is 1. The van der Waals surface area contributed by atoms with Crippen molar-refractivity contribution in [1.29, 1.82) is 0 Å². The number of nitrogens with one attached hydrogen (secondary N) is 1. The average molecular weight is 211 g/mol. The first-order chi connectivity index (χ1) is 7.13. The predicted molar refractivity (Wildman–Crippen MR) is 52.5 cm³/mol. The van der Waals surface area contributed by atoms with Gasteiger partial charge in [-0.1, -0.05) is 0 Å². The summed E-state index contributed by atoms with van der Waals surface area (Å²) in [6.45, 7) is 2.65. The van der Waals surface area contributed by atoms with Gasteiger partial charge in [-0.2, -0.15) is 5.10 Å². The minimum absolute atomic E-state index is 0.00346. The molecule has 1 heterocycles. The van der Waals surface area contributed by atoms with E-state index < -0.39 is 5.97 Å². The van der Waals surface area contributed by atoms with Crippen LogP contribution in [0.4, 0.5) is 0 Å². The first-order valence-electron chi connectivity index (χ1n) is 4.66. The molecule has 0 aliphatic rings. The zero-order valence-electron chi connectivity index (χ0n) is 8.43. The summed E-state index contributed by atoms with van der Waals surface area (Å²) in [6, 6.07) is 0. The molecule has 0 saturated carbocycles. The third-order valence-electron chi connectivity index (χ3n) is 1.79. The van der Waals surface area contributed by atoms with Gasteiger partial charge < -0.3 is 10.4 Å². The Morgan fingerprint density at radius 3 is 2.93 bits per heavy atom. The van der Waals surface area contributed by atoms with Crippen LogP contribution in [-0.4, -0.2) is 33.3 Å². The van der Waals surface area contributed by atoms with E-state index >= 15 is 0 Å². The molecule has 0 spiro atoms. The summed E-state index contributed by atoms with van der Waals surface area (Å²) in [6.07, 6.45) is 2.96. The van der Waals surface area contributed by atoms with Gasteiger partial charge >= 0.3 is 5.97 Å². The van der Waals surface area contributed by atoms with Crippen LogP contribution in [0.25, 0.3) is 0 Å². The number of nitrogens with zero attached hydrogens (tertiary/aromatic N) is 2. The monoisotopic (exact) mass is 211 g/mol. The molecule has 1 aromatic rings. The van der Waals surface area contributed by atoms with E-state index in [-0.39, 0.29) is 18.9 Å². The van der Waals surface area contributed by atoms with Gasteiger partial charge in [-0.15, -0.1) is 0 Å². The molecule has 0 unspecified atom stereocenters. The lowest BCUT2D eigenvalue weighted by Gasteiger charge is -1.98. The molecule has 15 heavy (non-hydrogen) atoms. The highest BCUT2D eigenvalue weighted by Crippen LogP contribution is 1.98. The second kappa shape index (κ2) is 5.14. The maximum absolute atomic E-state index is 11.3. The summed E-state index contributed by atoms with van der Waals surface area (Å²) in [7, 11) is 0. The Hall–Kier alpha value is -1.85. The fraction of sp³-hybridized carbons (Fsp3) is 0.444. The Balaban J connectivity index is 2.56. The third-order valence-corrected chi connectivity index (χ3v) is 1.79. The normalized spacial score (nSPS) is 9.93. The van der Waals surface area contributed by atoms with Crippen LogP contribution in [0.2, 0.25) is 0 Å². The number of carbonyl (C=O) groups is 2. The molecule has 2 N–H and O–H groups in total. The van der Waals surface area contributed by atoms with Gasteiger partial charge in [0.1, 0.15) is 0 Å². The maximum atomic E-state index is 11.3. The molecular formula is C9H13N3O3. The summed E-state index contributed by atoms with van der Waals surface area (Å²) in [5.41, 5.74) is 0.447. The highest BCUT2D eigenvalue weighted by atomic mass is 16.4. The lowest BCUT2D eigenvalue weighted by atomic mass is 10.3. The topological polar surface area (TPSA) is 84.2 Å². The first kappa shape index (κ1) is 11.2. The molecule has 0 saturated heterocycles. The molecule has 0 bridgehead atoms. The van der Waals surface area contributed by atoms with Crippen LogP contribution in [0, 0.1) is 0 Å². The van der Waals surface area contributed by atoms with Gasteiger partial charge in [0.05, 0.1) is 24.7 Å². The second-order valence-electron chi connectivity index (χ2n) is 3.00. The van der Waals surface area contributed by atoms with Crippen molar-refractivity contribution in [3.05, 3.63) is 18.0 Å². The van der Waals surface area contributed by atoms with Gasteiger partial charge in [-0.05, 0) is 6.92 Å². The molecule has 1 rings (SSSR count). The van der Waals surface area contributed by atoms with Gasteiger partial charge in [0.15, 0.2) is 0 Å². The predicted octanol–water partition coefficient (Wildman–Crippen LogP) is 0.107. The zero-order valence-corrected chi connectivity index (χ0v) is 8.43. The number of aliphatic carboxylic acids is 1. The van der Waals surface area contributed by atoms with Gasteiger partial charge in [-0.3, -0.25) is 14.3 Å². The van der Waals surface area contributed by atoms with E-state index in [1.54, 1.807) is 0 Å². The van der Waals surface area contributed by atoms with E-state index in [0.717, 1.165) is 0 Å². The third kappa shape index (κ3) is 3.41. The van der Waals surface area contributed by atoms with Crippen molar-refractivity contribution < 1.29 is 14.7 Å². The largest absolute Gasteiger partial charge is 0.481 e. The van der Waals surface area contributed by atoms with Crippen molar-refractivity contribution in [3.63, 3.8) is 0 Å². The Morgan fingerprint density at radius 1 is 1.60 bits per heavy atom. The molecule has 1 aromatic heterocycles. The molecule has 0 radical (unpaired) electrons. The van der Waals surface area contributed by atoms with Crippen molar-refractivity contribution in [3.8, 4) is 0 Å². The van der Waals surface area contributed by atoms with Crippen molar-refractivity contribution in [2.45, 2.75) is 19.9 Å². The smallest absolute Gasteiger partial charge is 0.305 e. The molecule has 0 fully saturated rings. The summed E-state index contributed by atoms with van der Waals surface area (Å²) in [5, 5.41) is 15.0. The van der Waals surface area contributed by atoms with Crippen LogP contribution < -0.4 is 5.32 Å². The molecule has 0 aliphatic heterocycles. The molecule has 6 heteroatoms. The zero-order chi connectivity index (χ0) is 11.3.